The van der Waals surface area contributed by atoms with Crippen LogP contribution in [0.2, 0.25) is 0 Å². The van der Waals surface area contributed by atoms with Crippen molar-refractivity contribution in [3.05, 3.63) is 65.2 Å². The molecule has 0 amide bonds. The number of nitrogens with one attached hydrogen (secondary N) is 1. The summed E-state index contributed by atoms with van der Waals surface area (Å²) in [7, 11) is 0. The van der Waals surface area contributed by atoms with E-state index < -0.39 is 41.5 Å². The van der Waals surface area contributed by atoms with Crippen molar-refractivity contribution in [1.29, 1.82) is 5.26 Å². The van der Waals surface area contributed by atoms with Gasteiger partial charge in [-0.25, -0.2) is 0 Å². The zero-order valence-corrected chi connectivity index (χ0v) is 14.9. The van der Waals surface area contributed by atoms with Crippen LogP contribution in [0, 0.1) is 11.3 Å². The van der Waals surface area contributed by atoms with Crippen LogP contribution in [0.3, 0.4) is 0 Å². The van der Waals surface area contributed by atoms with Gasteiger partial charge in [-0.2, -0.15) is 31.6 Å². The van der Waals surface area contributed by atoms with Gasteiger partial charge in [0.25, 0.3) is 0 Å². The van der Waals surface area contributed by atoms with Gasteiger partial charge in [-0.05, 0) is 36.2 Å². The molecule has 0 aromatic heterocycles. The molecule has 154 valence electrons. The Bertz CT molecular complexity index is 889. The topological polar surface area (TPSA) is 45.0 Å². The monoisotopic (exact) mass is 414 g/mol. The standard InChI is InChI=1S/C20H16F6N2O/c21-19(22,23)17-8-12(6-7-13(17)10-27)16-9-14(28-18(16)20(24,25)26)11-29-15-4-2-1-3-5-15/h1-8,14,16,18,28H,9,11H2. The quantitative estimate of drug-likeness (QED) is 0.714. The molecule has 3 nitrogen and oxygen atoms in total. The molecule has 0 radical (unpaired) electrons. The van der Waals surface area contributed by atoms with Gasteiger partial charge in [-0.1, -0.05) is 24.3 Å². The number of rotatable bonds is 4. The molecular weight excluding hydrogens is 398 g/mol. The summed E-state index contributed by atoms with van der Waals surface area (Å²) in [5.74, 6) is -0.743. The van der Waals surface area contributed by atoms with Gasteiger partial charge in [-0.3, -0.25) is 5.32 Å². The lowest BCUT2D eigenvalue weighted by Gasteiger charge is -2.23. The first kappa shape index (κ1) is 21.0. The van der Waals surface area contributed by atoms with E-state index in [1.165, 1.54) is 6.07 Å². The van der Waals surface area contributed by atoms with E-state index in [0.717, 1.165) is 12.1 Å². The summed E-state index contributed by atoms with van der Waals surface area (Å²) in [6, 6.07) is 9.94. The lowest BCUT2D eigenvalue weighted by molar-refractivity contribution is -0.156. The molecule has 1 aliphatic rings. The normalized spacial score (nSPS) is 22.3. The van der Waals surface area contributed by atoms with Crippen molar-refractivity contribution in [2.45, 2.75) is 36.8 Å². The van der Waals surface area contributed by atoms with Gasteiger partial charge in [-0.15, -0.1) is 0 Å². The Kier molecular flexibility index (Phi) is 5.75. The maximum absolute atomic E-state index is 13.5. The highest BCUT2D eigenvalue weighted by atomic mass is 19.4. The van der Waals surface area contributed by atoms with Gasteiger partial charge in [0.15, 0.2) is 0 Å². The van der Waals surface area contributed by atoms with Crippen LogP contribution in [0.25, 0.3) is 0 Å². The molecule has 2 aromatic rings. The Morgan fingerprint density at radius 2 is 1.72 bits per heavy atom. The Labute approximate surface area is 162 Å². The van der Waals surface area contributed by atoms with Crippen LogP contribution in [0.15, 0.2) is 48.5 Å². The largest absolute Gasteiger partial charge is 0.492 e. The number of nitrogens with zero attached hydrogens (tertiary/aromatic N) is 1. The number of hydrogen-bond acceptors (Lipinski definition) is 3. The fraction of sp³-hybridized carbons (Fsp3) is 0.350. The summed E-state index contributed by atoms with van der Waals surface area (Å²) >= 11 is 0. The average molecular weight is 414 g/mol. The number of hydrogen-bond donors (Lipinski definition) is 1. The highest BCUT2D eigenvalue weighted by Crippen LogP contribution is 2.42. The van der Waals surface area contributed by atoms with Crippen molar-refractivity contribution in [3.8, 4) is 11.8 Å². The van der Waals surface area contributed by atoms with Crippen molar-refractivity contribution in [1.82, 2.24) is 5.32 Å². The minimum atomic E-state index is -4.84. The summed E-state index contributed by atoms with van der Waals surface area (Å²) in [5.41, 5.74) is -1.98. The first-order valence-corrected chi connectivity index (χ1v) is 8.71. The van der Waals surface area contributed by atoms with E-state index in [1.807, 2.05) is 0 Å². The Hall–Kier alpha value is -2.73. The third-order valence-corrected chi connectivity index (χ3v) is 4.80. The lowest BCUT2D eigenvalue weighted by atomic mass is 9.88. The number of benzene rings is 2. The van der Waals surface area contributed by atoms with Crippen LogP contribution < -0.4 is 10.1 Å². The molecule has 2 aromatic carbocycles. The SMILES string of the molecule is N#Cc1ccc(C2CC(COc3ccccc3)NC2C(F)(F)F)cc1C(F)(F)F. The summed E-state index contributed by atoms with van der Waals surface area (Å²) in [5, 5.41) is 11.3. The molecule has 0 spiro atoms. The second-order valence-corrected chi connectivity index (χ2v) is 6.76. The Morgan fingerprint density at radius 3 is 2.31 bits per heavy atom. The molecule has 0 bridgehead atoms. The minimum absolute atomic E-state index is 0.0553. The highest BCUT2D eigenvalue weighted by Gasteiger charge is 2.51. The van der Waals surface area contributed by atoms with Gasteiger partial charge >= 0.3 is 12.4 Å². The zero-order chi connectivity index (χ0) is 21.2. The fourth-order valence-electron chi connectivity index (χ4n) is 3.49. The smallest absolute Gasteiger partial charge is 0.417 e. The van der Waals surface area contributed by atoms with Gasteiger partial charge in [0.1, 0.15) is 18.4 Å². The van der Waals surface area contributed by atoms with Crippen LogP contribution in [0.4, 0.5) is 26.3 Å². The molecule has 1 fully saturated rings. The number of nitriles is 1. The van der Waals surface area contributed by atoms with E-state index >= 15 is 0 Å². The van der Waals surface area contributed by atoms with E-state index in [9.17, 15) is 26.3 Å². The van der Waals surface area contributed by atoms with Gasteiger partial charge < -0.3 is 4.74 Å². The number of alkyl halides is 6. The van der Waals surface area contributed by atoms with Crippen molar-refractivity contribution in [3.63, 3.8) is 0 Å². The number of para-hydroxylation sites is 1. The van der Waals surface area contributed by atoms with E-state index in [4.69, 9.17) is 10.00 Å². The molecule has 0 saturated carbocycles. The van der Waals surface area contributed by atoms with Gasteiger partial charge in [0.05, 0.1) is 17.2 Å². The van der Waals surface area contributed by atoms with Crippen LogP contribution in [0.5, 0.6) is 5.75 Å². The van der Waals surface area contributed by atoms with Gasteiger partial charge in [0.2, 0.25) is 0 Å². The molecule has 1 aliphatic heterocycles. The van der Waals surface area contributed by atoms with Crippen LogP contribution in [-0.4, -0.2) is 24.9 Å². The van der Waals surface area contributed by atoms with E-state index in [1.54, 1.807) is 30.3 Å². The van der Waals surface area contributed by atoms with E-state index in [-0.39, 0.29) is 18.6 Å². The summed E-state index contributed by atoms with van der Waals surface area (Å²) in [6.07, 6.45) is -9.55. The second kappa shape index (κ2) is 7.95. The summed E-state index contributed by atoms with van der Waals surface area (Å²) in [4.78, 5) is 0. The minimum Gasteiger partial charge on any atom is -0.492 e. The van der Waals surface area contributed by atoms with Crippen molar-refractivity contribution in [2.75, 3.05) is 6.61 Å². The van der Waals surface area contributed by atoms with Gasteiger partial charge in [0, 0.05) is 12.0 Å². The third-order valence-electron chi connectivity index (χ3n) is 4.80. The molecule has 1 N–H and O–H groups in total. The molecule has 3 atom stereocenters. The molecular formula is C20H16F6N2O. The van der Waals surface area contributed by atoms with Crippen molar-refractivity contribution >= 4 is 0 Å². The second-order valence-electron chi connectivity index (χ2n) is 6.76. The van der Waals surface area contributed by atoms with Crippen LogP contribution >= 0.6 is 0 Å². The predicted octanol–water partition coefficient (Wildman–Crippen LogP) is 5.03. The summed E-state index contributed by atoms with van der Waals surface area (Å²) < 4.78 is 85.7. The summed E-state index contributed by atoms with van der Waals surface area (Å²) in [6.45, 7) is -0.0600. The highest BCUT2D eigenvalue weighted by molar-refractivity contribution is 5.43. The molecule has 3 rings (SSSR count). The number of ether oxygens (including phenoxy) is 1. The molecule has 0 aliphatic carbocycles. The van der Waals surface area contributed by atoms with Crippen molar-refractivity contribution in [2.24, 2.45) is 0 Å². The first-order chi connectivity index (χ1) is 13.6. The van der Waals surface area contributed by atoms with E-state index in [0.29, 0.717) is 11.8 Å². The van der Waals surface area contributed by atoms with Crippen LogP contribution in [-0.2, 0) is 6.18 Å². The molecule has 3 unspecified atom stereocenters. The average Bonchev–Trinajstić information content (AvgIpc) is 3.11. The Morgan fingerprint density at radius 1 is 1.03 bits per heavy atom. The molecule has 29 heavy (non-hydrogen) atoms. The third kappa shape index (κ3) is 4.82. The fourth-order valence-corrected chi connectivity index (χ4v) is 3.49. The van der Waals surface area contributed by atoms with E-state index in [2.05, 4.69) is 5.32 Å². The maximum Gasteiger partial charge on any atom is 0.417 e. The number of halogens is 6. The molecule has 9 heteroatoms. The predicted molar refractivity (Wildman–Crippen MR) is 92.2 cm³/mol. The first-order valence-electron chi connectivity index (χ1n) is 8.71. The zero-order valence-electron chi connectivity index (χ0n) is 14.9. The van der Waals surface area contributed by atoms with Crippen LogP contribution in [0.1, 0.15) is 29.0 Å². The van der Waals surface area contributed by atoms with Crippen molar-refractivity contribution < 1.29 is 31.1 Å². The Balaban J connectivity index is 1.85. The maximum atomic E-state index is 13.5. The lowest BCUT2D eigenvalue weighted by Crippen LogP contribution is -2.44. The molecule has 1 heterocycles. The molecule has 1 saturated heterocycles.